The Hall–Kier alpha value is -1.83. The highest BCUT2D eigenvalue weighted by Gasteiger charge is 2.53. The first-order valence-electron chi connectivity index (χ1n) is 11.4. The van der Waals surface area contributed by atoms with E-state index in [1.807, 2.05) is 26.0 Å². The molecule has 0 unspecified atom stereocenters. The maximum atomic E-state index is 12.3. The summed E-state index contributed by atoms with van der Waals surface area (Å²) in [6, 6.07) is 21.2. The van der Waals surface area contributed by atoms with Crippen molar-refractivity contribution in [2.24, 2.45) is 0 Å². The fourth-order valence-corrected chi connectivity index (χ4v) is 9.59. The molecule has 2 aromatic carbocycles. The number of Topliss-reactive ketones (excluding diaryl/α,β-unsaturated/α-hetero) is 1. The first-order chi connectivity index (χ1) is 15.1. The average Bonchev–Trinajstić information content (AvgIpc) is 3.09. The number of ketones is 1. The molecule has 4 rings (SSSR count). The average molecular weight is 455 g/mol. The molecule has 0 bridgehead atoms. The van der Waals surface area contributed by atoms with Gasteiger partial charge in [0.1, 0.15) is 12.7 Å². The van der Waals surface area contributed by atoms with Gasteiger partial charge in [-0.25, -0.2) is 0 Å². The van der Waals surface area contributed by atoms with Crippen molar-refractivity contribution in [3.63, 3.8) is 0 Å². The Morgan fingerprint density at radius 3 is 2.06 bits per heavy atom. The number of benzene rings is 2. The molecule has 0 spiro atoms. The second kappa shape index (κ2) is 8.84. The maximum Gasteiger partial charge on any atom is 0.261 e. The number of carbonyl (C=O) groups excluding carboxylic acids is 1. The minimum atomic E-state index is -2.60. The number of fused-ring (bicyclic) bond motifs is 1. The second-order valence-electron chi connectivity index (χ2n) is 10.1. The number of carbonyl (C=O) groups is 1. The van der Waals surface area contributed by atoms with Gasteiger partial charge in [0.05, 0.1) is 6.10 Å². The molecule has 3 atom stereocenters. The van der Waals surface area contributed by atoms with Gasteiger partial charge in [0, 0.05) is 6.61 Å². The van der Waals surface area contributed by atoms with Crippen molar-refractivity contribution in [3.05, 3.63) is 60.7 Å². The van der Waals surface area contributed by atoms with Crippen LogP contribution in [0.3, 0.4) is 0 Å². The predicted octanol–water partition coefficient (Wildman–Crippen LogP) is 3.44. The maximum absolute atomic E-state index is 12.3. The van der Waals surface area contributed by atoms with E-state index in [1.54, 1.807) is 0 Å². The van der Waals surface area contributed by atoms with E-state index in [-0.39, 0.29) is 23.5 Å². The van der Waals surface area contributed by atoms with Crippen molar-refractivity contribution >= 4 is 24.5 Å². The van der Waals surface area contributed by atoms with E-state index in [1.165, 1.54) is 10.4 Å². The van der Waals surface area contributed by atoms with E-state index in [2.05, 4.69) is 69.3 Å². The summed E-state index contributed by atoms with van der Waals surface area (Å²) in [6.07, 6.45) is -0.554. The van der Waals surface area contributed by atoms with Crippen LogP contribution in [0.1, 0.15) is 41.0 Å². The van der Waals surface area contributed by atoms with Crippen molar-refractivity contribution in [3.8, 4) is 0 Å². The summed E-state index contributed by atoms with van der Waals surface area (Å²) in [7, 11) is -2.60. The van der Waals surface area contributed by atoms with Gasteiger partial charge in [-0.2, -0.15) is 0 Å². The molecule has 32 heavy (non-hydrogen) atoms. The number of hydrogen-bond donors (Lipinski definition) is 0. The van der Waals surface area contributed by atoms with Crippen LogP contribution in [0.2, 0.25) is 5.04 Å². The molecule has 0 N–H and O–H groups in total. The Kier molecular flexibility index (Phi) is 6.44. The SMILES string of the molecule is CC1(C)O[C@H]2[C@H](CCO[Si](c3ccccc3)(c3ccccc3)C(C)(C)C)OCC(=O)[C@H]2O1. The van der Waals surface area contributed by atoms with Gasteiger partial charge >= 0.3 is 0 Å². The Morgan fingerprint density at radius 1 is 0.969 bits per heavy atom. The fraction of sp³-hybridized carbons (Fsp3) is 0.500. The van der Waals surface area contributed by atoms with E-state index in [4.69, 9.17) is 18.6 Å². The topological polar surface area (TPSA) is 54.0 Å². The second-order valence-corrected chi connectivity index (χ2v) is 14.4. The largest absolute Gasteiger partial charge is 0.407 e. The number of hydrogen-bond acceptors (Lipinski definition) is 5. The van der Waals surface area contributed by atoms with Crippen LogP contribution in [0.25, 0.3) is 0 Å². The summed E-state index contributed by atoms with van der Waals surface area (Å²) in [5.74, 6) is -0.833. The molecule has 0 saturated carbocycles. The monoisotopic (exact) mass is 454 g/mol. The third-order valence-corrected chi connectivity index (χ3v) is 11.4. The Bertz CT molecular complexity index is 883. The van der Waals surface area contributed by atoms with E-state index in [0.29, 0.717) is 13.0 Å². The number of rotatable bonds is 6. The molecule has 2 aromatic rings. The molecule has 2 aliphatic heterocycles. The molecule has 6 heteroatoms. The summed E-state index contributed by atoms with van der Waals surface area (Å²) in [5.41, 5.74) is 0. The van der Waals surface area contributed by atoms with E-state index in [9.17, 15) is 4.79 Å². The molecular formula is C26H34O5Si. The van der Waals surface area contributed by atoms with Crippen LogP contribution in [0.5, 0.6) is 0 Å². The summed E-state index contributed by atoms with van der Waals surface area (Å²) in [6.45, 7) is 11.1. The van der Waals surface area contributed by atoms with Crippen LogP contribution in [-0.4, -0.2) is 51.4 Å². The van der Waals surface area contributed by atoms with Gasteiger partial charge in [-0.15, -0.1) is 0 Å². The van der Waals surface area contributed by atoms with Crippen LogP contribution in [0.4, 0.5) is 0 Å². The molecular weight excluding hydrogens is 420 g/mol. The Balaban J connectivity index is 1.60. The van der Waals surface area contributed by atoms with Crippen LogP contribution in [0.15, 0.2) is 60.7 Å². The van der Waals surface area contributed by atoms with Gasteiger partial charge in [0.15, 0.2) is 17.7 Å². The van der Waals surface area contributed by atoms with Crippen LogP contribution in [0, 0.1) is 0 Å². The van der Waals surface area contributed by atoms with Crippen molar-refractivity contribution in [1.29, 1.82) is 0 Å². The lowest BCUT2D eigenvalue weighted by atomic mass is 9.99. The molecule has 172 valence electrons. The zero-order valence-electron chi connectivity index (χ0n) is 19.7. The van der Waals surface area contributed by atoms with Crippen LogP contribution >= 0.6 is 0 Å². The van der Waals surface area contributed by atoms with E-state index < -0.39 is 26.3 Å². The van der Waals surface area contributed by atoms with Crippen molar-refractivity contribution in [2.75, 3.05) is 13.2 Å². The summed E-state index contributed by atoms with van der Waals surface area (Å²) in [4.78, 5) is 12.3. The summed E-state index contributed by atoms with van der Waals surface area (Å²) < 4.78 is 24.8. The lowest BCUT2D eigenvalue weighted by Crippen LogP contribution is -2.66. The first-order valence-corrected chi connectivity index (χ1v) is 13.3. The molecule has 5 nitrogen and oxygen atoms in total. The minimum Gasteiger partial charge on any atom is -0.407 e. The third kappa shape index (κ3) is 4.35. The molecule has 0 aliphatic carbocycles. The zero-order chi connectivity index (χ0) is 23.0. The Morgan fingerprint density at radius 2 is 1.53 bits per heavy atom. The van der Waals surface area contributed by atoms with Gasteiger partial charge in [-0.05, 0) is 35.7 Å². The molecule has 0 aromatic heterocycles. The molecule has 2 heterocycles. The molecule has 2 saturated heterocycles. The number of ether oxygens (including phenoxy) is 3. The lowest BCUT2D eigenvalue weighted by Gasteiger charge is -2.43. The normalized spacial score (nSPS) is 25.5. The molecule has 2 aliphatic rings. The molecule has 2 fully saturated rings. The summed E-state index contributed by atoms with van der Waals surface area (Å²) in [5, 5.41) is 2.41. The summed E-state index contributed by atoms with van der Waals surface area (Å²) >= 11 is 0. The molecule has 0 amide bonds. The van der Waals surface area contributed by atoms with Gasteiger partial charge in [0.2, 0.25) is 0 Å². The van der Waals surface area contributed by atoms with Crippen molar-refractivity contribution < 1.29 is 23.4 Å². The van der Waals surface area contributed by atoms with Gasteiger partial charge < -0.3 is 18.6 Å². The van der Waals surface area contributed by atoms with Crippen LogP contribution < -0.4 is 10.4 Å². The Labute approximate surface area is 192 Å². The predicted molar refractivity (Wildman–Crippen MR) is 127 cm³/mol. The van der Waals surface area contributed by atoms with Gasteiger partial charge in [0.25, 0.3) is 8.32 Å². The van der Waals surface area contributed by atoms with Crippen molar-refractivity contribution in [2.45, 2.75) is 70.2 Å². The lowest BCUT2D eigenvalue weighted by molar-refractivity contribution is -0.154. The molecule has 0 radical (unpaired) electrons. The minimum absolute atomic E-state index is 0.0512. The fourth-order valence-electron chi connectivity index (χ4n) is 5.01. The van der Waals surface area contributed by atoms with Crippen molar-refractivity contribution in [1.82, 2.24) is 0 Å². The standard InChI is InChI=1S/C26H34O5Si/c1-25(2,3)32(19-12-8-6-9-13-19,20-14-10-7-11-15-20)29-17-16-22-24-23(21(27)18-28-22)30-26(4,5)31-24/h6-15,22-24H,16-18H2,1-5H3/t22-,23+,24-/m0/s1. The van der Waals surface area contributed by atoms with E-state index >= 15 is 0 Å². The highest BCUT2D eigenvalue weighted by Crippen LogP contribution is 2.38. The van der Waals surface area contributed by atoms with Gasteiger partial charge in [-0.3, -0.25) is 4.79 Å². The highest BCUT2D eigenvalue weighted by molar-refractivity contribution is 6.99. The van der Waals surface area contributed by atoms with Crippen LogP contribution in [-0.2, 0) is 23.4 Å². The third-order valence-electron chi connectivity index (χ3n) is 6.39. The van der Waals surface area contributed by atoms with Gasteiger partial charge in [-0.1, -0.05) is 81.4 Å². The van der Waals surface area contributed by atoms with E-state index in [0.717, 1.165) is 0 Å². The zero-order valence-corrected chi connectivity index (χ0v) is 20.7. The highest BCUT2D eigenvalue weighted by atomic mass is 28.4. The quantitative estimate of drug-likeness (QED) is 0.626. The first kappa shape index (κ1) is 23.3. The smallest absolute Gasteiger partial charge is 0.261 e.